The Morgan fingerprint density at radius 1 is 0.533 bits per heavy atom. The average Bonchev–Trinajstić information content (AvgIpc) is 0.761. The number of carbonyl (C=O) groups is 5. The van der Waals surface area contributed by atoms with Crippen molar-refractivity contribution in [3.8, 4) is 23.0 Å². The number of ether oxygens (including phenoxy) is 8. The minimum absolute atomic E-state index is 0.102. The van der Waals surface area contributed by atoms with Crippen LogP contribution >= 0.6 is 25.2 Å². The molecule has 0 aliphatic carbocycles. The Morgan fingerprint density at radius 3 is 1.20 bits per heavy atom. The summed E-state index contributed by atoms with van der Waals surface area (Å²) in [5.74, 6) is 3.42. The number of para-hydroxylation sites is 4. The van der Waals surface area contributed by atoms with Crippen molar-refractivity contribution in [2.75, 3.05) is 91.6 Å². The SMILES string of the molecule is CC(C)(C)OC(=O)N1CCC2(C=C(OS(=O)(=O)C(F)(F)F)c3ccccc3O2)CC1.CC(C)(C)OC(=O)N1CCC2(CC1)CC(CCCN)c1ccccc1O2.CCN(CC)C(=O)Cl.[C-]#[N+]CCC1=CC2(CCN(C(=O)OC(C)(C)C)CC2)Oc2ccccc21.[C-]#[N+]CCC1CC2(CCN(C(=O)OC(C)(C)C)CC2)Oc2ccccc21.[C-]#[N+]C[CH2-].[Zn+][Br]. The summed E-state index contributed by atoms with van der Waals surface area (Å²) in [6, 6.07) is 30.6. The van der Waals surface area contributed by atoms with Gasteiger partial charge < -0.3 is 86.8 Å². The standard InChI is InChI=1S/C21H28N2O3.C21H26N2O3.C21H32N2O3.C19H22F3NO6S.C5H10ClNO.C3H4N.BrH.Zn/c2*1-20(2,3)26-19(24)23-13-10-21(11-14-23)15-16(9-12-22-4)17-7-5-6-8-18(17)25-21;1-20(2,3)26-19(24)23-13-10-21(11-14-23)15-16(7-6-12-22)17-8-4-5-9-18(17)25-21;1-17(2,3)28-16(24)23-10-8-18(9-11-23)12-15(29-30(25,26)19(20,21)22)13-6-4-5-7-14(13)27-18;1-3-7(4-2)5(6)8;1-3-4-2;;/h5-8,16H,9-15H2,1-3H3;5-8,15H,9-14H2,1-3H3;4-5,8-9,16H,6-7,10-15,22H2,1-3H3;4-7,12H,8-11H2,1-3H3;3-4H2,1-2H3;1,3H2;1H;/q;;;;;-1;;+2/p-1. The molecule has 122 heavy (non-hydrogen) atoms. The minimum atomic E-state index is -5.85. The van der Waals surface area contributed by atoms with Crippen molar-refractivity contribution in [1.29, 1.82) is 0 Å². The van der Waals surface area contributed by atoms with Gasteiger partial charge in [0, 0.05) is 141 Å². The predicted molar refractivity (Wildman–Crippen MR) is 464 cm³/mol. The Kier molecular flexibility index (Phi) is 38.1. The summed E-state index contributed by atoms with van der Waals surface area (Å²) in [5, 5.41) is -0.366. The van der Waals surface area contributed by atoms with Crippen molar-refractivity contribution < 1.29 is 104 Å². The molecule has 8 aliphatic heterocycles. The number of hydrogen-bond donors (Lipinski definition) is 1. The van der Waals surface area contributed by atoms with E-state index >= 15 is 0 Å². The summed E-state index contributed by atoms with van der Waals surface area (Å²) < 4.78 is 113. The van der Waals surface area contributed by atoms with Crippen LogP contribution in [-0.4, -0.2) is 205 Å². The molecule has 2 N–H and O–H groups in total. The molecule has 4 aromatic carbocycles. The Bertz CT molecular complexity index is 4440. The third kappa shape index (κ3) is 30.7. The van der Waals surface area contributed by atoms with E-state index in [1.165, 1.54) is 62.2 Å². The van der Waals surface area contributed by atoms with E-state index in [0.29, 0.717) is 83.8 Å². The molecule has 32 heteroatoms. The molecule has 4 fully saturated rings. The zero-order chi connectivity index (χ0) is 90.7. The van der Waals surface area contributed by atoms with Crippen molar-refractivity contribution in [2.45, 2.75) is 249 Å². The summed E-state index contributed by atoms with van der Waals surface area (Å²) in [7, 11) is -5.85. The van der Waals surface area contributed by atoms with Crippen molar-refractivity contribution >= 4 is 76.4 Å². The molecule has 2 atom stereocenters. The first-order valence-electron chi connectivity index (χ1n) is 41.5. The zero-order valence-corrected chi connectivity index (χ0v) is 79.4. The van der Waals surface area contributed by atoms with Crippen LogP contribution < -0.4 is 24.7 Å². The summed E-state index contributed by atoms with van der Waals surface area (Å²) >= 11 is 9.38. The second-order valence-corrected chi connectivity index (χ2v) is 36.7. The van der Waals surface area contributed by atoms with E-state index in [4.69, 9.17) is 74.9 Å². The summed E-state index contributed by atoms with van der Waals surface area (Å²) in [4.78, 5) is 77.8. The molecule has 0 aromatic heterocycles. The molecular weight excluding hydrogens is 1730 g/mol. The van der Waals surface area contributed by atoms with E-state index in [-0.39, 0.29) is 72.1 Å². The van der Waals surface area contributed by atoms with Crippen LogP contribution in [-0.2, 0) is 49.6 Å². The second-order valence-electron chi connectivity index (χ2n) is 34.8. The Hall–Kier alpha value is -8.53. The second kappa shape index (κ2) is 45.4. The molecule has 12 rings (SSSR count). The van der Waals surface area contributed by atoms with Gasteiger partial charge in [-0.3, -0.25) is 11.7 Å². The van der Waals surface area contributed by atoms with Crippen LogP contribution in [0.3, 0.4) is 0 Å². The van der Waals surface area contributed by atoms with Crippen molar-refractivity contribution in [1.82, 2.24) is 24.5 Å². The first-order valence-corrected chi connectivity index (χ1v) is 50.2. The summed E-state index contributed by atoms with van der Waals surface area (Å²) in [6.45, 7) is 57.3. The van der Waals surface area contributed by atoms with E-state index in [1.807, 2.05) is 130 Å². The van der Waals surface area contributed by atoms with Gasteiger partial charge in [0.25, 0.3) is 0 Å². The average molecular weight is 1860 g/mol. The molecule has 0 saturated carbocycles. The number of nitrogens with two attached hydrogens (primary N) is 1. The Labute approximate surface area is 742 Å². The summed E-state index contributed by atoms with van der Waals surface area (Å²) in [6.07, 6.45) is 13.0. The molecule has 5 amide bonds. The van der Waals surface area contributed by atoms with E-state index < -0.39 is 61.1 Å². The number of halogens is 5. The van der Waals surface area contributed by atoms with Crippen LogP contribution in [0.5, 0.6) is 23.0 Å². The van der Waals surface area contributed by atoms with E-state index in [1.54, 1.807) is 41.5 Å². The maximum absolute atomic E-state index is 12.8. The number of carbonyl (C=O) groups excluding carboxylic acids is 5. The van der Waals surface area contributed by atoms with Crippen LogP contribution in [0.15, 0.2) is 109 Å². The number of hydrogen-bond acceptors (Lipinski definition) is 17. The molecule has 2 unspecified atom stereocenters. The summed E-state index contributed by atoms with van der Waals surface area (Å²) in [5.41, 5.74) is 1.06. The molecule has 4 saturated heterocycles. The predicted octanol–water partition coefficient (Wildman–Crippen LogP) is 20.6. The number of amides is 5. The van der Waals surface area contributed by atoms with Gasteiger partial charge in [0.2, 0.25) is 13.1 Å². The van der Waals surface area contributed by atoms with Crippen molar-refractivity contribution in [3.05, 3.63) is 173 Å². The van der Waals surface area contributed by atoms with Gasteiger partial charge in [-0.15, -0.1) is 0 Å². The van der Waals surface area contributed by atoms with Crippen molar-refractivity contribution in [3.63, 3.8) is 0 Å². The van der Waals surface area contributed by atoms with Gasteiger partial charge in [0.15, 0.2) is 5.76 Å². The van der Waals surface area contributed by atoms with Crippen LogP contribution in [0.25, 0.3) is 25.9 Å². The van der Waals surface area contributed by atoms with Gasteiger partial charge in [0.05, 0.1) is 12.1 Å². The molecule has 0 bridgehead atoms. The van der Waals surface area contributed by atoms with E-state index in [9.17, 15) is 45.6 Å². The number of fused-ring (bicyclic) bond motifs is 4. The van der Waals surface area contributed by atoms with Gasteiger partial charge in [0.1, 0.15) is 67.8 Å². The maximum atomic E-state index is 12.8. The number of likely N-dealkylation sites (tertiary alicyclic amines) is 4. The number of nitrogens with zero attached hydrogens (tertiary/aromatic N) is 8. The number of rotatable bonds is 11. The first kappa shape index (κ1) is 102. The van der Waals surface area contributed by atoms with Gasteiger partial charge >= 0.3 is 75.3 Å². The quantitative estimate of drug-likeness (QED) is 0.0278. The van der Waals surface area contributed by atoms with Crippen LogP contribution in [0.4, 0.5) is 37.1 Å². The third-order valence-corrected chi connectivity index (χ3v) is 22.3. The Morgan fingerprint density at radius 2 is 0.869 bits per heavy atom. The molecule has 4 aromatic rings. The van der Waals surface area contributed by atoms with E-state index in [2.05, 4.69) is 69.6 Å². The van der Waals surface area contributed by atoms with Crippen LogP contribution in [0, 0.1) is 26.6 Å². The first-order chi connectivity index (χ1) is 57.3. The normalized spacial score (nSPS) is 18.6. The molecule has 4 spiro atoms. The number of piperidine rings is 4. The third-order valence-electron chi connectivity index (χ3n) is 21.1. The van der Waals surface area contributed by atoms with Crippen LogP contribution in [0.2, 0.25) is 0 Å². The Balaban J connectivity index is 0.000000239. The molecule has 0 radical (unpaired) electrons. The van der Waals surface area contributed by atoms with Gasteiger partial charge in [-0.2, -0.15) is 21.6 Å². The van der Waals surface area contributed by atoms with Crippen LogP contribution in [0.1, 0.15) is 221 Å². The van der Waals surface area contributed by atoms with Crippen molar-refractivity contribution in [2.24, 2.45) is 5.73 Å². The number of alkyl halides is 3. The molecule has 8 aliphatic rings. The van der Waals surface area contributed by atoms with Gasteiger partial charge in [-0.25, -0.2) is 38.9 Å². The monoisotopic (exact) mass is 1850 g/mol. The molecular formula is C90H122BrClF3N9O16SZn. The molecule has 25 nitrogen and oxygen atoms in total. The fraction of sp³-hybridized carbons (Fsp3) is 0.589. The fourth-order valence-corrected chi connectivity index (χ4v) is 15.9. The van der Waals surface area contributed by atoms with E-state index in [0.717, 1.165) is 106 Å². The van der Waals surface area contributed by atoms with Gasteiger partial charge in [-0.1, -0.05) is 66.7 Å². The molecule has 666 valence electrons. The zero-order valence-electron chi connectivity index (χ0n) is 73.2. The van der Waals surface area contributed by atoms with Gasteiger partial charge in [-0.05, 0) is 206 Å². The molecule has 8 heterocycles. The number of benzene rings is 4. The fourth-order valence-electron chi connectivity index (χ4n) is 15.2. The topological polar surface area (TPSA) is 258 Å².